The minimum atomic E-state index is -0.742. The smallest absolute Gasteiger partial charge is 0.437 e. The lowest BCUT2D eigenvalue weighted by atomic mass is 10.3. The Balaban J connectivity index is 1.50. The van der Waals surface area contributed by atoms with Crippen LogP contribution in [-0.4, -0.2) is 20.7 Å². The molecule has 0 saturated heterocycles. The molecule has 0 fully saturated rings. The number of hydrogen-bond acceptors (Lipinski definition) is 7. The number of nitrogens with zero attached hydrogens (tertiary/aromatic N) is 3. The average Bonchev–Trinajstić information content (AvgIpc) is 3.26. The summed E-state index contributed by atoms with van der Waals surface area (Å²) in [6, 6.07) is 8.72. The van der Waals surface area contributed by atoms with Crippen molar-refractivity contribution in [3.05, 3.63) is 50.6 Å². The molecule has 0 aliphatic heterocycles. The molecule has 0 atom stereocenters. The molecule has 0 unspecified atom stereocenters. The van der Waals surface area contributed by atoms with Gasteiger partial charge in [-0.25, -0.2) is 9.78 Å². The van der Waals surface area contributed by atoms with Gasteiger partial charge in [-0.05, 0) is 53.2 Å². The monoisotopic (exact) mass is 434 g/mol. The number of furan rings is 1. The molecule has 1 aromatic carbocycles. The summed E-state index contributed by atoms with van der Waals surface area (Å²) in [5.41, 5.74) is 1.41. The predicted octanol–water partition coefficient (Wildman–Crippen LogP) is 3.42. The fraction of sp³-hybridized carbons (Fsp3) is 0.125. The van der Waals surface area contributed by atoms with Gasteiger partial charge in [-0.2, -0.15) is 4.68 Å². The molecule has 3 heterocycles. The fourth-order valence-corrected chi connectivity index (χ4v) is 3.51. The number of halogens is 1. The van der Waals surface area contributed by atoms with E-state index in [1.54, 1.807) is 35.6 Å². The van der Waals surface area contributed by atoms with Crippen molar-refractivity contribution in [2.24, 2.45) is 0 Å². The highest BCUT2D eigenvalue weighted by Gasteiger charge is 2.16. The molecule has 26 heavy (non-hydrogen) atoms. The first kappa shape index (κ1) is 16.7. The van der Waals surface area contributed by atoms with Crippen LogP contribution in [0.2, 0.25) is 0 Å². The summed E-state index contributed by atoms with van der Waals surface area (Å²) in [5, 5.41) is 7.66. The van der Waals surface area contributed by atoms with Gasteiger partial charge in [0.2, 0.25) is 5.91 Å². The second-order valence-electron chi connectivity index (χ2n) is 5.40. The molecule has 0 radical (unpaired) electrons. The zero-order chi connectivity index (χ0) is 18.3. The first-order valence-electron chi connectivity index (χ1n) is 7.48. The average molecular weight is 435 g/mol. The lowest BCUT2D eigenvalue weighted by molar-refractivity contribution is -0.117. The zero-order valence-electron chi connectivity index (χ0n) is 13.4. The third-order valence-corrected chi connectivity index (χ3v) is 4.84. The Bertz CT molecular complexity index is 1170. The summed E-state index contributed by atoms with van der Waals surface area (Å²) in [4.78, 5) is 28.5. The van der Waals surface area contributed by atoms with E-state index in [0.29, 0.717) is 10.4 Å². The number of rotatable bonds is 4. The molecule has 132 valence electrons. The highest BCUT2D eigenvalue weighted by atomic mass is 79.9. The van der Waals surface area contributed by atoms with Crippen molar-refractivity contribution in [2.75, 3.05) is 5.32 Å². The van der Waals surface area contributed by atoms with Crippen molar-refractivity contribution >= 4 is 49.1 Å². The van der Waals surface area contributed by atoms with Crippen molar-refractivity contribution in [1.29, 1.82) is 0 Å². The number of benzene rings is 1. The predicted molar refractivity (Wildman–Crippen MR) is 99.2 cm³/mol. The van der Waals surface area contributed by atoms with Crippen molar-refractivity contribution in [3.63, 3.8) is 0 Å². The van der Waals surface area contributed by atoms with E-state index in [9.17, 15) is 9.59 Å². The largest absolute Gasteiger partial charge is 0.444 e. The highest BCUT2D eigenvalue weighted by Crippen LogP contribution is 2.24. The van der Waals surface area contributed by atoms with Crippen molar-refractivity contribution in [1.82, 2.24) is 14.8 Å². The summed E-state index contributed by atoms with van der Waals surface area (Å²) in [7, 11) is 0. The van der Waals surface area contributed by atoms with Crippen molar-refractivity contribution in [2.45, 2.75) is 13.5 Å². The Kier molecular flexibility index (Phi) is 4.21. The quantitative estimate of drug-likeness (QED) is 0.527. The molecule has 1 N–H and O–H groups in total. The van der Waals surface area contributed by atoms with Gasteiger partial charge in [0.1, 0.15) is 6.54 Å². The van der Waals surface area contributed by atoms with Gasteiger partial charge in [0.15, 0.2) is 10.4 Å². The van der Waals surface area contributed by atoms with E-state index in [2.05, 4.69) is 31.3 Å². The first-order valence-corrected chi connectivity index (χ1v) is 9.09. The third kappa shape index (κ3) is 3.33. The van der Waals surface area contributed by atoms with E-state index in [-0.39, 0.29) is 18.2 Å². The van der Waals surface area contributed by atoms with Crippen LogP contribution in [0, 0.1) is 6.92 Å². The third-order valence-electron chi connectivity index (χ3n) is 3.46. The Morgan fingerprint density at radius 2 is 2.15 bits per heavy atom. The summed E-state index contributed by atoms with van der Waals surface area (Å²) < 4.78 is 12.8. The van der Waals surface area contributed by atoms with Gasteiger partial charge in [0, 0.05) is 5.69 Å². The normalized spacial score (nSPS) is 11.2. The summed E-state index contributed by atoms with van der Waals surface area (Å²) >= 11 is 4.74. The van der Waals surface area contributed by atoms with Crippen LogP contribution in [0.15, 0.2) is 48.6 Å². The Morgan fingerprint density at radius 1 is 1.31 bits per heavy atom. The maximum atomic E-state index is 12.2. The van der Waals surface area contributed by atoms with Gasteiger partial charge >= 0.3 is 5.76 Å². The second-order valence-corrected chi connectivity index (χ2v) is 7.41. The molecule has 0 spiro atoms. The number of anilines is 1. The molecule has 1 amide bonds. The number of nitrogens with one attached hydrogen (secondary N) is 1. The van der Waals surface area contributed by atoms with Gasteiger partial charge < -0.3 is 14.2 Å². The molecular weight excluding hydrogens is 424 g/mol. The number of hydrogen-bond donors (Lipinski definition) is 1. The van der Waals surface area contributed by atoms with Crippen molar-refractivity contribution < 1.29 is 13.6 Å². The highest BCUT2D eigenvalue weighted by molar-refractivity contribution is 9.10. The first-order chi connectivity index (χ1) is 12.5. The number of amides is 1. The number of carbonyl (C=O) groups excluding carboxylic acids is 1. The van der Waals surface area contributed by atoms with Crippen LogP contribution in [0.4, 0.5) is 5.69 Å². The molecule has 0 saturated carbocycles. The minimum Gasteiger partial charge on any atom is -0.444 e. The number of thiazole rings is 1. The topological polar surface area (TPSA) is 103 Å². The van der Waals surface area contributed by atoms with Gasteiger partial charge in [-0.3, -0.25) is 4.79 Å². The Morgan fingerprint density at radius 3 is 2.92 bits per heavy atom. The maximum absolute atomic E-state index is 12.2. The van der Waals surface area contributed by atoms with E-state index in [1.165, 1.54) is 0 Å². The lowest BCUT2D eigenvalue weighted by Gasteiger charge is -2.04. The minimum absolute atomic E-state index is 0.00729. The molecule has 4 rings (SSSR count). The Labute approximate surface area is 158 Å². The maximum Gasteiger partial charge on any atom is 0.437 e. The van der Waals surface area contributed by atoms with Gasteiger partial charge in [-0.1, -0.05) is 0 Å². The van der Waals surface area contributed by atoms with Gasteiger partial charge in [-0.15, -0.1) is 16.4 Å². The molecule has 0 bridgehead atoms. The number of fused-ring (bicyclic) bond motifs is 1. The number of aromatic nitrogens is 3. The van der Waals surface area contributed by atoms with Crippen LogP contribution < -0.4 is 11.1 Å². The van der Waals surface area contributed by atoms with E-state index < -0.39 is 11.7 Å². The molecule has 0 aliphatic rings. The van der Waals surface area contributed by atoms with E-state index >= 15 is 0 Å². The molecule has 10 heteroatoms. The molecule has 8 nitrogen and oxygen atoms in total. The van der Waals surface area contributed by atoms with Gasteiger partial charge in [0.25, 0.3) is 5.89 Å². The van der Waals surface area contributed by atoms with Crippen LogP contribution in [0.25, 0.3) is 21.9 Å². The fourth-order valence-electron chi connectivity index (χ4n) is 2.39. The van der Waals surface area contributed by atoms with Crippen LogP contribution in [0.5, 0.6) is 0 Å². The van der Waals surface area contributed by atoms with Crippen LogP contribution >= 0.6 is 27.3 Å². The second kappa shape index (κ2) is 6.54. The van der Waals surface area contributed by atoms with E-state index in [4.69, 9.17) is 8.83 Å². The van der Waals surface area contributed by atoms with Crippen LogP contribution in [-0.2, 0) is 11.3 Å². The lowest BCUT2D eigenvalue weighted by Crippen LogP contribution is -2.25. The zero-order valence-corrected chi connectivity index (χ0v) is 15.8. The van der Waals surface area contributed by atoms with Crippen LogP contribution in [0.1, 0.15) is 5.01 Å². The molecule has 3 aromatic heterocycles. The standard InChI is InChI=1S/C16H11BrN4O4S/c1-8-18-10-6-9(2-4-12(10)26-8)19-14(22)7-21-16(23)25-15(20-21)11-3-5-13(17)24-11/h2-6H,7H2,1H3,(H,19,22). The van der Waals surface area contributed by atoms with Crippen LogP contribution in [0.3, 0.4) is 0 Å². The Hall–Kier alpha value is -2.72. The summed E-state index contributed by atoms with van der Waals surface area (Å²) in [5.74, 6) is -0.850. The summed E-state index contributed by atoms with van der Waals surface area (Å²) in [6.45, 7) is 1.65. The van der Waals surface area contributed by atoms with Crippen molar-refractivity contribution in [3.8, 4) is 11.7 Å². The van der Waals surface area contributed by atoms with Gasteiger partial charge in [0.05, 0.1) is 15.2 Å². The van der Waals surface area contributed by atoms with E-state index in [1.807, 2.05) is 13.0 Å². The molecular formula is C16H11BrN4O4S. The molecule has 0 aliphatic carbocycles. The molecule has 4 aromatic rings. The SMILES string of the molecule is Cc1nc2cc(NC(=O)Cn3nc(-c4ccc(Br)o4)oc3=O)ccc2s1. The summed E-state index contributed by atoms with van der Waals surface area (Å²) in [6.07, 6.45) is 0. The number of aryl methyl sites for hydroxylation is 1. The number of carbonyl (C=O) groups is 1. The van der Waals surface area contributed by atoms with E-state index in [0.717, 1.165) is 19.9 Å².